The summed E-state index contributed by atoms with van der Waals surface area (Å²) in [7, 11) is 0. The molecule has 1 N–H and O–H groups in total. The third kappa shape index (κ3) is 4.40. The van der Waals surface area contributed by atoms with E-state index in [2.05, 4.69) is 47.7 Å². The van der Waals surface area contributed by atoms with E-state index in [1.54, 1.807) is 22.7 Å². The zero-order chi connectivity index (χ0) is 17.8. The van der Waals surface area contributed by atoms with Crippen LogP contribution in [0.4, 0.5) is 0 Å². The third-order valence-corrected chi connectivity index (χ3v) is 6.64. The van der Waals surface area contributed by atoms with E-state index >= 15 is 0 Å². The van der Waals surface area contributed by atoms with Gasteiger partial charge in [0.2, 0.25) is 0 Å². The highest BCUT2D eigenvalue weighted by Gasteiger charge is 2.24. The van der Waals surface area contributed by atoms with E-state index in [0.29, 0.717) is 6.54 Å². The highest BCUT2D eigenvalue weighted by atomic mass is 32.1. The molecule has 134 valence electrons. The summed E-state index contributed by atoms with van der Waals surface area (Å²) in [6.07, 6.45) is 5.09. The van der Waals surface area contributed by atoms with Gasteiger partial charge < -0.3 is 10.0 Å². The molecule has 5 heteroatoms. The fourth-order valence-corrected chi connectivity index (χ4v) is 4.97. The average Bonchev–Trinajstić information content (AvgIpc) is 3.21. The first-order valence-corrected chi connectivity index (χ1v) is 10.6. The topological polar surface area (TPSA) is 40.5 Å². The van der Waals surface area contributed by atoms with E-state index in [0.717, 1.165) is 32.4 Å². The van der Waals surface area contributed by atoms with Crippen molar-refractivity contribution in [1.82, 2.24) is 4.90 Å². The molecule has 0 aromatic carbocycles. The standard InChI is InChI=1S/C20H25NO2S2/c1-14-17(7-11-24-14)19(18-8-12-25-15(18)2)6-4-10-21-9-3-5-16(13-21)20(22)23/h6-8,11-12,16H,3-5,9-10,13H2,1-2H3,(H,22,23). The second-order valence-corrected chi connectivity index (χ2v) is 8.91. The van der Waals surface area contributed by atoms with E-state index in [4.69, 9.17) is 0 Å². The van der Waals surface area contributed by atoms with Gasteiger partial charge in [-0.1, -0.05) is 6.08 Å². The van der Waals surface area contributed by atoms with Crippen LogP contribution in [0.3, 0.4) is 0 Å². The van der Waals surface area contributed by atoms with Crippen molar-refractivity contribution in [3.63, 3.8) is 0 Å². The molecule has 3 heterocycles. The van der Waals surface area contributed by atoms with Crippen molar-refractivity contribution in [3.05, 3.63) is 49.9 Å². The second-order valence-electron chi connectivity index (χ2n) is 6.67. The molecule has 1 aliphatic rings. The summed E-state index contributed by atoms with van der Waals surface area (Å²) in [6, 6.07) is 4.43. The predicted molar refractivity (Wildman–Crippen MR) is 107 cm³/mol. The highest BCUT2D eigenvalue weighted by Crippen LogP contribution is 2.33. The van der Waals surface area contributed by atoms with Crippen molar-refractivity contribution in [1.29, 1.82) is 0 Å². The number of carbonyl (C=O) groups is 1. The molecule has 0 saturated carbocycles. The molecule has 2 aromatic heterocycles. The summed E-state index contributed by atoms with van der Waals surface area (Å²) in [5.74, 6) is -0.848. The molecular formula is C20H25NO2S2. The van der Waals surface area contributed by atoms with E-state index in [-0.39, 0.29) is 5.92 Å². The van der Waals surface area contributed by atoms with Gasteiger partial charge in [0.05, 0.1) is 5.92 Å². The largest absolute Gasteiger partial charge is 0.481 e. The minimum atomic E-state index is -0.649. The fraction of sp³-hybridized carbons (Fsp3) is 0.450. The predicted octanol–water partition coefficient (Wildman–Crippen LogP) is 5.04. The minimum Gasteiger partial charge on any atom is -0.481 e. The Bertz CT molecular complexity index is 717. The average molecular weight is 376 g/mol. The third-order valence-electron chi connectivity index (χ3n) is 4.95. The van der Waals surface area contributed by atoms with Crippen LogP contribution in [0.5, 0.6) is 0 Å². The first kappa shape index (κ1) is 18.4. The summed E-state index contributed by atoms with van der Waals surface area (Å²) in [5, 5.41) is 13.6. The molecule has 1 fully saturated rings. The van der Waals surface area contributed by atoms with Gasteiger partial charge in [-0.15, -0.1) is 22.7 Å². The van der Waals surface area contributed by atoms with Crippen molar-refractivity contribution in [3.8, 4) is 0 Å². The van der Waals surface area contributed by atoms with Crippen LogP contribution in [0.25, 0.3) is 5.57 Å². The van der Waals surface area contributed by atoms with Crippen molar-refractivity contribution in [2.45, 2.75) is 33.1 Å². The number of thiophene rings is 2. The summed E-state index contributed by atoms with van der Waals surface area (Å²) in [4.78, 5) is 16.2. The number of hydrogen-bond acceptors (Lipinski definition) is 4. The van der Waals surface area contributed by atoms with Gasteiger partial charge in [-0.3, -0.25) is 4.79 Å². The molecule has 3 nitrogen and oxygen atoms in total. The lowest BCUT2D eigenvalue weighted by molar-refractivity contribution is -0.143. The minimum absolute atomic E-state index is 0.199. The molecular weight excluding hydrogens is 350 g/mol. The first-order chi connectivity index (χ1) is 12.1. The molecule has 0 bridgehead atoms. The van der Waals surface area contributed by atoms with Crippen LogP contribution in [-0.4, -0.2) is 35.6 Å². The summed E-state index contributed by atoms with van der Waals surface area (Å²) < 4.78 is 0. The Labute approximate surface area is 157 Å². The second kappa shape index (κ2) is 8.30. The number of piperidine rings is 1. The lowest BCUT2D eigenvalue weighted by Gasteiger charge is -2.30. The Kier molecular flexibility index (Phi) is 6.10. The molecule has 1 saturated heterocycles. The number of aliphatic carboxylic acids is 1. The molecule has 2 aromatic rings. The van der Waals surface area contributed by atoms with Crippen LogP contribution in [0.1, 0.15) is 40.1 Å². The fourth-order valence-electron chi connectivity index (χ4n) is 3.55. The van der Waals surface area contributed by atoms with Gasteiger partial charge in [0.1, 0.15) is 0 Å². The van der Waals surface area contributed by atoms with Crippen LogP contribution in [0, 0.1) is 19.8 Å². The quantitative estimate of drug-likeness (QED) is 0.768. The smallest absolute Gasteiger partial charge is 0.307 e. The van der Waals surface area contributed by atoms with Gasteiger partial charge in [-0.25, -0.2) is 0 Å². The summed E-state index contributed by atoms with van der Waals surface area (Å²) in [6.45, 7) is 6.99. The Morgan fingerprint density at radius 1 is 1.24 bits per heavy atom. The lowest BCUT2D eigenvalue weighted by atomic mass is 9.97. The molecule has 3 rings (SSSR count). The first-order valence-electron chi connectivity index (χ1n) is 8.80. The van der Waals surface area contributed by atoms with Gasteiger partial charge in [0, 0.05) is 22.8 Å². The maximum atomic E-state index is 11.2. The molecule has 25 heavy (non-hydrogen) atoms. The zero-order valence-electron chi connectivity index (χ0n) is 14.8. The van der Waals surface area contributed by atoms with Gasteiger partial charge >= 0.3 is 5.97 Å². The number of carboxylic acid groups (broad SMARTS) is 1. The van der Waals surface area contributed by atoms with Gasteiger partial charge in [-0.05, 0) is 79.2 Å². The van der Waals surface area contributed by atoms with Crippen LogP contribution < -0.4 is 0 Å². The molecule has 1 atom stereocenters. The molecule has 0 radical (unpaired) electrons. The number of rotatable bonds is 6. The van der Waals surface area contributed by atoms with Crippen LogP contribution >= 0.6 is 22.7 Å². The monoisotopic (exact) mass is 375 g/mol. The summed E-state index contributed by atoms with van der Waals surface area (Å²) >= 11 is 3.58. The lowest BCUT2D eigenvalue weighted by Crippen LogP contribution is -2.39. The summed E-state index contributed by atoms with van der Waals surface area (Å²) in [5.41, 5.74) is 3.98. The molecule has 1 unspecified atom stereocenters. The van der Waals surface area contributed by atoms with Crippen molar-refractivity contribution >= 4 is 34.2 Å². The molecule has 0 aliphatic carbocycles. The van der Waals surface area contributed by atoms with Gasteiger partial charge in [0.15, 0.2) is 0 Å². The van der Waals surface area contributed by atoms with E-state index in [1.165, 1.54) is 26.5 Å². The Hall–Kier alpha value is -1.43. The maximum Gasteiger partial charge on any atom is 0.307 e. The van der Waals surface area contributed by atoms with Crippen LogP contribution in [0.15, 0.2) is 29.0 Å². The zero-order valence-corrected chi connectivity index (χ0v) is 16.5. The van der Waals surface area contributed by atoms with Crippen molar-refractivity contribution in [2.24, 2.45) is 5.92 Å². The molecule has 0 spiro atoms. The maximum absolute atomic E-state index is 11.2. The van der Waals surface area contributed by atoms with Gasteiger partial charge in [0.25, 0.3) is 0 Å². The van der Waals surface area contributed by atoms with Crippen molar-refractivity contribution in [2.75, 3.05) is 19.6 Å². The van der Waals surface area contributed by atoms with E-state index in [9.17, 15) is 9.90 Å². The Morgan fingerprint density at radius 2 is 1.88 bits per heavy atom. The molecule has 1 aliphatic heterocycles. The van der Waals surface area contributed by atoms with Crippen LogP contribution in [-0.2, 0) is 4.79 Å². The number of aryl methyl sites for hydroxylation is 2. The van der Waals surface area contributed by atoms with Gasteiger partial charge in [-0.2, -0.15) is 0 Å². The van der Waals surface area contributed by atoms with Crippen LogP contribution in [0.2, 0.25) is 0 Å². The highest BCUT2D eigenvalue weighted by molar-refractivity contribution is 7.10. The van der Waals surface area contributed by atoms with E-state index in [1.807, 2.05) is 0 Å². The van der Waals surface area contributed by atoms with Crippen molar-refractivity contribution < 1.29 is 9.90 Å². The number of likely N-dealkylation sites (tertiary alicyclic amines) is 1. The number of carboxylic acids is 1. The number of hydrogen-bond donors (Lipinski definition) is 1. The molecule has 0 amide bonds. The normalized spacial score (nSPS) is 18.2. The SMILES string of the molecule is Cc1sccc1C(=CCCN1CCCC(C(=O)O)C1)c1ccsc1C. The van der Waals surface area contributed by atoms with E-state index < -0.39 is 5.97 Å². The number of nitrogens with zero attached hydrogens (tertiary/aromatic N) is 1. The Balaban J connectivity index is 1.73. The Morgan fingerprint density at radius 3 is 2.40 bits per heavy atom.